The van der Waals surface area contributed by atoms with Crippen molar-refractivity contribution in [3.8, 4) is 17.2 Å². The molecule has 2 aromatic carbocycles. The van der Waals surface area contributed by atoms with Gasteiger partial charge in [0.1, 0.15) is 27.3 Å². The summed E-state index contributed by atoms with van der Waals surface area (Å²) in [5.74, 6) is 0.0334. The lowest BCUT2D eigenvalue weighted by Crippen LogP contribution is -2.01. The summed E-state index contributed by atoms with van der Waals surface area (Å²) in [5.41, 5.74) is 0.935. The monoisotopic (exact) mass is 440 g/mol. The van der Waals surface area contributed by atoms with E-state index in [2.05, 4.69) is 31.9 Å². The number of phenols is 1. The molecule has 0 radical (unpaired) electrons. The van der Waals surface area contributed by atoms with Crippen LogP contribution >= 0.6 is 31.9 Å². The van der Waals surface area contributed by atoms with Crippen molar-refractivity contribution in [2.75, 3.05) is 14.2 Å². The highest BCUT2D eigenvalue weighted by Gasteiger charge is 2.21. The summed E-state index contributed by atoms with van der Waals surface area (Å²) in [6.45, 7) is 0. The van der Waals surface area contributed by atoms with Crippen LogP contribution in [-0.2, 0) is 0 Å². The highest BCUT2D eigenvalue weighted by molar-refractivity contribution is 9.11. The van der Waals surface area contributed by atoms with Gasteiger partial charge in [-0.3, -0.25) is 4.79 Å². The van der Waals surface area contributed by atoms with Crippen LogP contribution < -0.4 is 9.47 Å². The van der Waals surface area contributed by atoms with E-state index in [1.807, 2.05) is 24.3 Å². The fourth-order valence-corrected chi connectivity index (χ4v) is 2.90. The molecule has 0 saturated heterocycles. The van der Waals surface area contributed by atoms with E-state index in [1.165, 1.54) is 20.3 Å². The number of phenolic OH excluding ortho intramolecular Hbond substituents is 1. The largest absolute Gasteiger partial charge is 0.506 e. The first-order valence-corrected chi connectivity index (χ1v) is 8.18. The van der Waals surface area contributed by atoms with Gasteiger partial charge in [-0.05, 0) is 39.7 Å². The summed E-state index contributed by atoms with van der Waals surface area (Å²) in [6.07, 6.45) is 3.06. The molecule has 0 fully saturated rings. The average molecular weight is 442 g/mol. The molecule has 120 valence electrons. The molecular formula is C17H14Br2O4. The minimum atomic E-state index is -0.373. The molecule has 0 amide bonds. The third-order valence-corrected chi connectivity index (χ3v) is 4.39. The number of methoxy groups -OCH3 is 2. The third kappa shape index (κ3) is 3.95. The Labute approximate surface area is 151 Å². The summed E-state index contributed by atoms with van der Waals surface area (Å²) in [4.78, 5) is 12.5. The number of carbonyl (C=O) groups excluding carboxylic acids is 1. The first-order chi connectivity index (χ1) is 11.0. The molecule has 0 heterocycles. The number of rotatable bonds is 5. The molecule has 23 heavy (non-hydrogen) atoms. The van der Waals surface area contributed by atoms with E-state index in [1.54, 1.807) is 12.1 Å². The molecule has 1 N–H and O–H groups in total. The molecule has 2 aromatic rings. The summed E-state index contributed by atoms with van der Waals surface area (Å²) < 4.78 is 11.5. The smallest absolute Gasteiger partial charge is 0.193 e. The molecule has 0 aliphatic rings. The number of hydrogen-bond donors (Lipinski definition) is 1. The predicted octanol–water partition coefficient (Wildman–Crippen LogP) is 4.83. The minimum Gasteiger partial charge on any atom is -0.506 e. The zero-order valence-electron chi connectivity index (χ0n) is 12.5. The lowest BCUT2D eigenvalue weighted by atomic mass is 10.1. The Morgan fingerprint density at radius 3 is 2.43 bits per heavy atom. The first kappa shape index (κ1) is 17.6. The van der Waals surface area contributed by atoms with E-state index in [0.29, 0.717) is 10.2 Å². The standard InChI is InChI=1S/C17H14Br2O4/c1-22-13-9-14(23-2)16(19)17(21)15(13)12(20)7-6-10-4-3-5-11(18)8-10/h3-9,21H,1-2H3/b7-6+. The molecule has 4 nitrogen and oxygen atoms in total. The molecule has 0 aliphatic heterocycles. The Morgan fingerprint density at radius 1 is 1.13 bits per heavy atom. The number of hydrogen-bond acceptors (Lipinski definition) is 4. The predicted molar refractivity (Wildman–Crippen MR) is 96.4 cm³/mol. The van der Waals surface area contributed by atoms with Crippen LogP contribution in [0.3, 0.4) is 0 Å². The molecule has 0 atom stereocenters. The molecular weight excluding hydrogens is 428 g/mol. The summed E-state index contributed by atoms with van der Waals surface area (Å²) in [7, 11) is 2.89. The Morgan fingerprint density at radius 2 is 1.83 bits per heavy atom. The van der Waals surface area contributed by atoms with Crippen molar-refractivity contribution < 1.29 is 19.4 Å². The maximum Gasteiger partial charge on any atom is 0.193 e. The van der Waals surface area contributed by atoms with Crippen LogP contribution in [0.1, 0.15) is 15.9 Å². The van der Waals surface area contributed by atoms with Crippen molar-refractivity contribution in [1.82, 2.24) is 0 Å². The highest BCUT2D eigenvalue weighted by atomic mass is 79.9. The second-order valence-corrected chi connectivity index (χ2v) is 6.28. The highest BCUT2D eigenvalue weighted by Crippen LogP contribution is 2.42. The average Bonchev–Trinajstić information content (AvgIpc) is 2.55. The van der Waals surface area contributed by atoms with Gasteiger partial charge in [0.15, 0.2) is 5.78 Å². The van der Waals surface area contributed by atoms with Crippen LogP contribution in [0.5, 0.6) is 17.2 Å². The van der Waals surface area contributed by atoms with E-state index >= 15 is 0 Å². The van der Waals surface area contributed by atoms with E-state index in [-0.39, 0.29) is 22.8 Å². The fraction of sp³-hybridized carbons (Fsp3) is 0.118. The van der Waals surface area contributed by atoms with Gasteiger partial charge in [0.05, 0.1) is 14.2 Å². The van der Waals surface area contributed by atoms with E-state index in [4.69, 9.17) is 9.47 Å². The van der Waals surface area contributed by atoms with Crippen LogP contribution in [0.4, 0.5) is 0 Å². The molecule has 0 aromatic heterocycles. The van der Waals surface area contributed by atoms with Gasteiger partial charge in [0, 0.05) is 10.5 Å². The van der Waals surface area contributed by atoms with Gasteiger partial charge >= 0.3 is 0 Å². The zero-order chi connectivity index (χ0) is 17.0. The van der Waals surface area contributed by atoms with Crippen LogP contribution in [0.25, 0.3) is 6.08 Å². The number of carbonyl (C=O) groups is 1. The molecule has 0 spiro atoms. The minimum absolute atomic E-state index is 0.0754. The summed E-state index contributed by atoms with van der Waals surface area (Å²) in [5, 5.41) is 10.3. The molecule has 0 aliphatic carbocycles. The number of benzene rings is 2. The number of halogens is 2. The van der Waals surface area contributed by atoms with Crippen LogP contribution in [0, 0.1) is 0 Å². The Hall–Kier alpha value is -1.79. The van der Waals surface area contributed by atoms with Gasteiger partial charge in [0.25, 0.3) is 0 Å². The van der Waals surface area contributed by atoms with Crippen molar-refractivity contribution >= 4 is 43.7 Å². The van der Waals surface area contributed by atoms with E-state index in [0.717, 1.165) is 10.0 Å². The second kappa shape index (κ2) is 7.66. The fourth-order valence-electron chi connectivity index (χ4n) is 2.01. The number of aromatic hydroxyl groups is 1. The summed E-state index contributed by atoms with van der Waals surface area (Å²) >= 11 is 6.59. The van der Waals surface area contributed by atoms with Crippen molar-refractivity contribution in [3.05, 3.63) is 56.5 Å². The van der Waals surface area contributed by atoms with Crippen molar-refractivity contribution in [2.45, 2.75) is 0 Å². The topological polar surface area (TPSA) is 55.8 Å². The number of ketones is 1. The van der Waals surface area contributed by atoms with Gasteiger partial charge in [0.2, 0.25) is 0 Å². The normalized spacial score (nSPS) is 10.8. The maximum atomic E-state index is 12.5. The van der Waals surface area contributed by atoms with Gasteiger partial charge in [-0.15, -0.1) is 0 Å². The molecule has 0 bridgehead atoms. The van der Waals surface area contributed by atoms with Gasteiger partial charge < -0.3 is 14.6 Å². The Bertz CT molecular complexity index is 769. The van der Waals surface area contributed by atoms with Crippen LogP contribution in [-0.4, -0.2) is 25.1 Å². The van der Waals surface area contributed by atoms with Crippen LogP contribution in [0.2, 0.25) is 0 Å². The third-order valence-electron chi connectivity index (χ3n) is 3.13. The Balaban J connectivity index is 2.41. The summed E-state index contributed by atoms with van der Waals surface area (Å²) in [6, 6.07) is 9.06. The quantitative estimate of drug-likeness (QED) is 0.533. The van der Waals surface area contributed by atoms with Gasteiger partial charge in [-0.2, -0.15) is 0 Å². The molecule has 0 unspecified atom stereocenters. The van der Waals surface area contributed by atoms with E-state index < -0.39 is 0 Å². The maximum absolute atomic E-state index is 12.5. The van der Waals surface area contributed by atoms with Crippen molar-refractivity contribution in [3.63, 3.8) is 0 Å². The number of ether oxygens (including phenoxy) is 2. The molecule has 0 saturated carbocycles. The van der Waals surface area contributed by atoms with Crippen LogP contribution in [0.15, 0.2) is 45.4 Å². The Kier molecular flexibility index (Phi) is 5.85. The van der Waals surface area contributed by atoms with Crippen molar-refractivity contribution in [1.29, 1.82) is 0 Å². The van der Waals surface area contributed by atoms with E-state index in [9.17, 15) is 9.90 Å². The van der Waals surface area contributed by atoms with Gasteiger partial charge in [-0.25, -0.2) is 0 Å². The lowest BCUT2D eigenvalue weighted by molar-refractivity contribution is 0.104. The zero-order valence-corrected chi connectivity index (χ0v) is 15.6. The molecule has 2 rings (SSSR count). The lowest BCUT2D eigenvalue weighted by Gasteiger charge is -2.13. The SMILES string of the molecule is COc1cc(OC)c(C(=O)/C=C/c2cccc(Br)c2)c(O)c1Br. The second-order valence-electron chi connectivity index (χ2n) is 4.57. The number of allylic oxidation sites excluding steroid dienone is 1. The van der Waals surface area contributed by atoms with Crippen molar-refractivity contribution in [2.24, 2.45) is 0 Å². The molecule has 6 heteroatoms. The van der Waals surface area contributed by atoms with Gasteiger partial charge in [-0.1, -0.05) is 34.1 Å². The first-order valence-electron chi connectivity index (χ1n) is 6.59.